The van der Waals surface area contributed by atoms with Gasteiger partial charge in [0.15, 0.2) is 0 Å². The third kappa shape index (κ3) is 3.09. The first-order chi connectivity index (χ1) is 13.0. The monoisotopic (exact) mass is 366 g/mol. The molecule has 2 atom stereocenters. The van der Waals surface area contributed by atoms with Gasteiger partial charge in [0.1, 0.15) is 12.0 Å². The third-order valence-corrected chi connectivity index (χ3v) is 4.92. The quantitative estimate of drug-likeness (QED) is 0.770. The summed E-state index contributed by atoms with van der Waals surface area (Å²) in [4.78, 5) is 33.4. The van der Waals surface area contributed by atoms with E-state index in [1.54, 1.807) is 35.3 Å². The highest BCUT2D eigenvalue weighted by molar-refractivity contribution is 5.95. The van der Waals surface area contributed by atoms with Gasteiger partial charge in [-0.2, -0.15) is 0 Å². The molecule has 0 spiro atoms. The van der Waals surface area contributed by atoms with Gasteiger partial charge in [0.05, 0.1) is 11.4 Å². The van der Waals surface area contributed by atoms with Crippen LogP contribution in [0, 0.1) is 12.8 Å². The number of nitrogens with zero attached hydrogens (tertiary/aromatic N) is 3. The van der Waals surface area contributed by atoms with Gasteiger partial charge in [-0.15, -0.1) is 0 Å². The SMILES string of the molecule is CCn1c(=O)c(-c2cnccc2C)cc2cnc(NC(=O)[C@H]3C[C@@H]3F)cc21. The van der Waals surface area contributed by atoms with Crippen LogP contribution in [-0.2, 0) is 11.3 Å². The zero-order valence-corrected chi connectivity index (χ0v) is 15.1. The molecule has 1 N–H and O–H groups in total. The summed E-state index contributed by atoms with van der Waals surface area (Å²) < 4.78 is 14.7. The Bertz CT molecular complexity index is 1110. The van der Waals surface area contributed by atoms with Gasteiger partial charge in [0, 0.05) is 47.7 Å². The van der Waals surface area contributed by atoms with Gasteiger partial charge in [-0.05, 0) is 38.0 Å². The van der Waals surface area contributed by atoms with Crippen molar-refractivity contribution in [2.24, 2.45) is 5.92 Å². The van der Waals surface area contributed by atoms with E-state index in [1.165, 1.54) is 0 Å². The van der Waals surface area contributed by atoms with Crippen LogP contribution in [0.15, 0.2) is 41.6 Å². The number of halogens is 1. The molecule has 3 aromatic heterocycles. The number of aromatic nitrogens is 3. The summed E-state index contributed by atoms with van der Waals surface area (Å²) in [5.41, 5.74) is 2.85. The topological polar surface area (TPSA) is 76.9 Å². The van der Waals surface area contributed by atoms with E-state index >= 15 is 0 Å². The fourth-order valence-electron chi connectivity index (χ4n) is 3.25. The summed E-state index contributed by atoms with van der Waals surface area (Å²) in [5.74, 6) is -0.646. The number of carbonyl (C=O) groups is 1. The average Bonchev–Trinajstić information content (AvgIpc) is 3.39. The molecule has 1 fully saturated rings. The normalized spacial score (nSPS) is 18.5. The molecular formula is C20H19FN4O2. The molecule has 27 heavy (non-hydrogen) atoms. The molecule has 138 valence electrons. The number of anilines is 1. The van der Waals surface area contributed by atoms with Crippen molar-refractivity contribution in [1.29, 1.82) is 0 Å². The van der Waals surface area contributed by atoms with Crippen molar-refractivity contribution in [3.05, 3.63) is 52.7 Å². The number of alkyl halides is 1. The minimum atomic E-state index is -1.07. The molecular weight excluding hydrogens is 347 g/mol. The van der Waals surface area contributed by atoms with Crippen LogP contribution in [0.5, 0.6) is 0 Å². The standard InChI is InChI=1S/C20H19FN4O2/c1-3-25-17-8-18(24-19(26)14-7-16(14)21)23-9-12(17)6-13(20(25)27)15-10-22-5-4-11(15)2/h4-6,8-10,14,16H,3,7H2,1-2H3,(H,23,24,26)/t14-,16-/m0/s1. The number of hydrogen-bond donors (Lipinski definition) is 1. The second-order valence-corrected chi connectivity index (χ2v) is 6.77. The fourth-order valence-corrected chi connectivity index (χ4v) is 3.25. The van der Waals surface area contributed by atoms with Crippen molar-refractivity contribution in [2.45, 2.75) is 33.0 Å². The van der Waals surface area contributed by atoms with Crippen LogP contribution in [0.4, 0.5) is 10.2 Å². The summed E-state index contributed by atoms with van der Waals surface area (Å²) >= 11 is 0. The summed E-state index contributed by atoms with van der Waals surface area (Å²) in [6, 6.07) is 5.32. The lowest BCUT2D eigenvalue weighted by molar-refractivity contribution is -0.117. The molecule has 0 aromatic carbocycles. The summed E-state index contributed by atoms with van der Waals surface area (Å²) in [6.07, 6.45) is 4.18. The summed E-state index contributed by atoms with van der Waals surface area (Å²) in [5, 5.41) is 3.42. The summed E-state index contributed by atoms with van der Waals surface area (Å²) in [7, 11) is 0. The number of rotatable bonds is 4. The molecule has 3 heterocycles. The predicted molar refractivity (Wildman–Crippen MR) is 101 cm³/mol. The average molecular weight is 366 g/mol. The van der Waals surface area contributed by atoms with Gasteiger partial charge in [-0.1, -0.05) is 0 Å². The van der Waals surface area contributed by atoms with Crippen LogP contribution in [0.1, 0.15) is 18.9 Å². The number of nitrogens with one attached hydrogen (secondary N) is 1. The zero-order chi connectivity index (χ0) is 19.1. The van der Waals surface area contributed by atoms with Gasteiger partial charge in [0.25, 0.3) is 5.56 Å². The summed E-state index contributed by atoms with van der Waals surface area (Å²) in [6.45, 7) is 4.29. The minimum Gasteiger partial charge on any atom is -0.310 e. The molecule has 0 unspecified atom stereocenters. The number of aryl methyl sites for hydroxylation is 2. The Morgan fingerprint density at radius 3 is 2.78 bits per heavy atom. The lowest BCUT2D eigenvalue weighted by Crippen LogP contribution is -2.22. The van der Waals surface area contributed by atoms with Gasteiger partial charge in [0.2, 0.25) is 5.91 Å². The number of fused-ring (bicyclic) bond motifs is 1. The predicted octanol–water partition coefficient (Wildman–Crippen LogP) is 3.08. The van der Waals surface area contributed by atoms with Crippen LogP contribution >= 0.6 is 0 Å². The highest BCUT2D eigenvalue weighted by Crippen LogP contribution is 2.34. The van der Waals surface area contributed by atoms with Crippen molar-refractivity contribution in [3.8, 4) is 11.1 Å². The van der Waals surface area contributed by atoms with Crippen LogP contribution < -0.4 is 10.9 Å². The van der Waals surface area contributed by atoms with E-state index in [1.807, 2.05) is 19.9 Å². The van der Waals surface area contributed by atoms with Gasteiger partial charge >= 0.3 is 0 Å². The van der Waals surface area contributed by atoms with E-state index in [4.69, 9.17) is 0 Å². The first kappa shape index (κ1) is 17.3. The maximum atomic E-state index is 13.1. The molecule has 0 aliphatic heterocycles. The molecule has 0 radical (unpaired) electrons. The molecule has 1 saturated carbocycles. The van der Waals surface area contributed by atoms with Crippen molar-refractivity contribution < 1.29 is 9.18 Å². The van der Waals surface area contributed by atoms with E-state index in [-0.39, 0.29) is 17.9 Å². The second kappa shape index (κ2) is 6.57. The first-order valence-electron chi connectivity index (χ1n) is 8.89. The molecule has 0 bridgehead atoms. The third-order valence-electron chi connectivity index (χ3n) is 4.92. The van der Waals surface area contributed by atoms with E-state index in [0.717, 1.165) is 16.5 Å². The minimum absolute atomic E-state index is 0.129. The van der Waals surface area contributed by atoms with Gasteiger partial charge < -0.3 is 9.88 Å². The molecule has 1 aliphatic rings. The van der Waals surface area contributed by atoms with Gasteiger partial charge in [-0.3, -0.25) is 14.6 Å². The van der Waals surface area contributed by atoms with Crippen LogP contribution in [0.25, 0.3) is 22.0 Å². The number of pyridine rings is 3. The Hall–Kier alpha value is -3.09. The largest absolute Gasteiger partial charge is 0.310 e. The molecule has 0 saturated heterocycles. The fraction of sp³-hybridized carbons (Fsp3) is 0.300. The second-order valence-electron chi connectivity index (χ2n) is 6.77. The lowest BCUT2D eigenvalue weighted by Gasteiger charge is -2.13. The van der Waals surface area contributed by atoms with Crippen LogP contribution in [0.2, 0.25) is 0 Å². The van der Waals surface area contributed by atoms with Crippen molar-refractivity contribution in [3.63, 3.8) is 0 Å². The Labute approximate surface area is 155 Å². The van der Waals surface area contributed by atoms with E-state index < -0.39 is 12.1 Å². The molecule has 6 nitrogen and oxygen atoms in total. The van der Waals surface area contributed by atoms with E-state index in [2.05, 4.69) is 15.3 Å². The van der Waals surface area contributed by atoms with Crippen molar-refractivity contribution in [2.75, 3.05) is 5.32 Å². The number of carbonyl (C=O) groups excluding carboxylic acids is 1. The molecule has 1 aliphatic carbocycles. The Balaban J connectivity index is 1.81. The highest BCUT2D eigenvalue weighted by atomic mass is 19.1. The Morgan fingerprint density at radius 1 is 1.33 bits per heavy atom. The number of hydrogen-bond acceptors (Lipinski definition) is 4. The maximum Gasteiger partial charge on any atom is 0.258 e. The lowest BCUT2D eigenvalue weighted by atomic mass is 10.0. The smallest absolute Gasteiger partial charge is 0.258 e. The zero-order valence-electron chi connectivity index (χ0n) is 15.1. The highest BCUT2D eigenvalue weighted by Gasteiger charge is 2.43. The molecule has 1 amide bonds. The Morgan fingerprint density at radius 2 is 2.11 bits per heavy atom. The van der Waals surface area contributed by atoms with E-state index in [9.17, 15) is 14.0 Å². The maximum absolute atomic E-state index is 13.1. The molecule has 7 heteroatoms. The van der Waals surface area contributed by atoms with Gasteiger partial charge in [-0.25, -0.2) is 9.37 Å². The van der Waals surface area contributed by atoms with Crippen molar-refractivity contribution >= 4 is 22.6 Å². The molecule has 3 aromatic rings. The Kier molecular flexibility index (Phi) is 4.22. The number of amides is 1. The van der Waals surface area contributed by atoms with Crippen LogP contribution in [0.3, 0.4) is 0 Å². The van der Waals surface area contributed by atoms with Crippen molar-refractivity contribution in [1.82, 2.24) is 14.5 Å². The first-order valence-corrected chi connectivity index (χ1v) is 8.89. The van der Waals surface area contributed by atoms with Crippen LogP contribution in [-0.4, -0.2) is 26.6 Å². The van der Waals surface area contributed by atoms with E-state index in [0.29, 0.717) is 23.4 Å². The molecule has 4 rings (SSSR count).